The van der Waals surface area contributed by atoms with E-state index in [0.29, 0.717) is 23.9 Å². The maximum atomic E-state index is 4.03. The summed E-state index contributed by atoms with van der Waals surface area (Å²) in [6.07, 6.45) is 2.29. The zero-order valence-electron chi connectivity index (χ0n) is 20.2. The molecule has 0 aliphatic carbocycles. The summed E-state index contributed by atoms with van der Waals surface area (Å²) in [5.74, 6) is 1.04. The van der Waals surface area contributed by atoms with Gasteiger partial charge < -0.3 is 10.6 Å². The molecule has 2 heterocycles. The Bertz CT molecular complexity index is 858. The third-order valence-electron chi connectivity index (χ3n) is 7.50. The summed E-state index contributed by atoms with van der Waals surface area (Å²) in [6, 6.07) is 14.6. The highest BCUT2D eigenvalue weighted by molar-refractivity contribution is 5.67. The second-order valence-corrected chi connectivity index (χ2v) is 11.5. The van der Waals surface area contributed by atoms with Crippen molar-refractivity contribution in [1.29, 1.82) is 0 Å². The van der Waals surface area contributed by atoms with Gasteiger partial charge in [-0.1, -0.05) is 91.8 Å². The Morgan fingerprint density at radius 1 is 0.667 bits per heavy atom. The topological polar surface area (TPSA) is 24.1 Å². The van der Waals surface area contributed by atoms with Crippen LogP contribution in [0.2, 0.25) is 0 Å². The average Bonchev–Trinajstić information content (AvgIpc) is 2.65. The number of hydrogen-bond acceptors (Lipinski definition) is 2. The van der Waals surface area contributed by atoms with E-state index in [0.717, 1.165) is 12.8 Å². The maximum absolute atomic E-state index is 4.03. The van der Waals surface area contributed by atoms with Gasteiger partial charge in [0.1, 0.15) is 0 Å². The van der Waals surface area contributed by atoms with Crippen LogP contribution in [0.3, 0.4) is 0 Å². The predicted molar refractivity (Wildman–Crippen MR) is 131 cm³/mol. The van der Waals surface area contributed by atoms with Crippen LogP contribution in [0, 0.1) is 0 Å². The number of benzene rings is 2. The van der Waals surface area contributed by atoms with E-state index in [-0.39, 0.29) is 10.8 Å². The van der Waals surface area contributed by atoms with E-state index < -0.39 is 0 Å². The zero-order valence-corrected chi connectivity index (χ0v) is 20.2. The van der Waals surface area contributed by atoms with E-state index in [1.165, 1.54) is 33.6 Å². The molecule has 0 radical (unpaired) electrons. The third kappa shape index (κ3) is 3.53. The van der Waals surface area contributed by atoms with Crippen molar-refractivity contribution < 1.29 is 0 Å². The van der Waals surface area contributed by atoms with E-state index in [4.69, 9.17) is 0 Å². The Kier molecular flexibility index (Phi) is 5.19. The molecule has 0 saturated carbocycles. The molecule has 2 nitrogen and oxygen atoms in total. The number of nitrogens with one attached hydrogen (secondary N) is 2. The van der Waals surface area contributed by atoms with Crippen LogP contribution >= 0.6 is 0 Å². The van der Waals surface area contributed by atoms with Gasteiger partial charge in [0.2, 0.25) is 0 Å². The first-order chi connectivity index (χ1) is 14.0. The van der Waals surface area contributed by atoms with Crippen molar-refractivity contribution in [3.63, 3.8) is 0 Å². The average molecular weight is 405 g/mol. The number of para-hydroxylation sites is 2. The summed E-state index contributed by atoms with van der Waals surface area (Å²) in [7, 11) is 0. The van der Waals surface area contributed by atoms with Gasteiger partial charge in [-0.3, -0.25) is 0 Å². The minimum Gasteiger partial charge on any atom is -0.380 e. The van der Waals surface area contributed by atoms with Crippen molar-refractivity contribution in [2.45, 2.75) is 103 Å². The van der Waals surface area contributed by atoms with Crippen LogP contribution in [0.4, 0.5) is 11.4 Å². The molecule has 2 heteroatoms. The van der Waals surface area contributed by atoms with Gasteiger partial charge >= 0.3 is 0 Å². The smallest absolute Gasteiger partial charge is 0.0471 e. The Morgan fingerprint density at radius 3 is 1.37 bits per heavy atom. The Hall–Kier alpha value is -1.96. The van der Waals surface area contributed by atoms with Crippen LogP contribution in [0.5, 0.6) is 0 Å². The third-order valence-corrected chi connectivity index (χ3v) is 7.50. The highest BCUT2D eigenvalue weighted by atomic mass is 15.1. The van der Waals surface area contributed by atoms with E-state index in [2.05, 4.69) is 102 Å². The number of rotatable bonds is 3. The normalized spacial score (nSPS) is 24.1. The molecule has 162 valence electrons. The van der Waals surface area contributed by atoms with E-state index in [1.807, 2.05) is 0 Å². The first-order valence-electron chi connectivity index (χ1n) is 11.8. The van der Waals surface area contributed by atoms with Gasteiger partial charge in [0.25, 0.3) is 0 Å². The van der Waals surface area contributed by atoms with Gasteiger partial charge in [-0.25, -0.2) is 0 Å². The monoisotopic (exact) mass is 404 g/mol. The SMILES string of the molecule is CC(C)c1cccc2c1N[C@H]([C@@H]1CC(C)(C)c3cccc(C(C)C)c3N1)CC2(C)C. The second-order valence-electron chi connectivity index (χ2n) is 11.5. The van der Waals surface area contributed by atoms with Crippen LogP contribution in [0.15, 0.2) is 36.4 Å². The van der Waals surface area contributed by atoms with Gasteiger partial charge in [-0.05, 0) is 57.8 Å². The lowest BCUT2D eigenvalue weighted by Gasteiger charge is -2.48. The molecule has 2 aliphatic rings. The fourth-order valence-corrected chi connectivity index (χ4v) is 5.83. The van der Waals surface area contributed by atoms with Gasteiger partial charge in [0, 0.05) is 23.5 Å². The molecule has 0 amide bonds. The fraction of sp³-hybridized carbons (Fsp3) is 0.571. The van der Waals surface area contributed by atoms with Crippen LogP contribution in [-0.2, 0) is 10.8 Å². The molecule has 4 rings (SSSR count). The summed E-state index contributed by atoms with van der Waals surface area (Å²) in [5, 5.41) is 8.05. The van der Waals surface area contributed by atoms with Crippen molar-refractivity contribution >= 4 is 11.4 Å². The van der Waals surface area contributed by atoms with Crippen molar-refractivity contribution in [3.8, 4) is 0 Å². The molecule has 30 heavy (non-hydrogen) atoms. The van der Waals surface area contributed by atoms with Crippen molar-refractivity contribution in [3.05, 3.63) is 58.7 Å². The van der Waals surface area contributed by atoms with Crippen LogP contribution < -0.4 is 10.6 Å². The number of anilines is 2. The fourth-order valence-electron chi connectivity index (χ4n) is 5.83. The van der Waals surface area contributed by atoms with Gasteiger partial charge in [0.15, 0.2) is 0 Å². The maximum Gasteiger partial charge on any atom is 0.0471 e. The Balaban J connectivity index is 1.74. The van der Waals surface area contributed by atoms with Gasteiger partial charge in [-0.15, -0.1) is 0 Å². The summed E-state index contributed by atoms with van der Waals surface area (Å²) in [5.41, 5.74) is 8.95. The van der Waals surface area contributed by atoms with Crippen LogP contribution in [-0.4, -0.2) is 12.1 Å². The molecule has 0 saturated heterocycles. The number of hydrogen-bond donors (Lipinski definition) is 2. The Labute approximate surface area is 183 Å². The van der Waals surface area contributed by atoms with E-state index >= 15 is 0 Å². The molecular weight excluding hydrogens is 364 g/mol. The summed E-state index contributed by atoms with van der Waals surface area (Å²) >= 11 is 0. The molecule has 2 aromatic carbocycles. The second kappa shape index (κ2) is 7.32. The number of fused-ring (bicyclic) bond motifs is 2. The molecule has 2 aliphatic heterocycles. The van der Waals surface area contributed by atoms with E-state index in [1.54, 1.807) is 0 Å². The molecule has 2 N–H and O–H groups in total. The molecule has 2 aromatic rings. The molecule has 0 spiro atoms. The summed E-state index contributed by atoms with van der Waals surface area (Å²) in [4.78, 5) is 0. The molecular formula is C28H40N2. The first kappa shape index (κ1) is 21.3. The Morgan fingerprint density at radius 2 is 1.03 bits per heavy atom. The van der Waals surface area contributed by atoms with Crippen molar-refractivity contribution in [1.82, 2.24) is 0 Å². The molecule has 0 fully saturated rings. The minimum atomic E-state index is 0.166. The molecule has 2 atom stereocenters. The first-order valence-corrected chi connectivity index (χ1v) is 11.8. The lowest BCUT2D eigenvalue weighted by atomic mass is 9.68. The zero-order chi connectivity index (χ0) is 21.8. The molecule has 0 unspecified atom stereocenters. The minimum absolute atomic E-state index is 0.166. The molecule has 0 aromatic heterocycles. The van der Waals surface area contributed by atoms with Crippen molar-refractivity contribution in [2.24, 2.45) is 0 Å². The lowest BCUT2D eigenvalue weighted by molar-refractivity contribution is 0.337. The lowest BCUT2D eigenvalue weighted by Crippen LogP contribution is -2.51. The highest BCUT2D eigenvalue weighted by Gasteiger charge is 2.42. The standard InChI is InChI=1S/C28H40N2/c1-17(2)19-11-9-13-21-25(19)29-23(15-27(21,5)6)24-16-28(7,8)22-14-10-12-20(18(3)4)26(22)30-24/h9-14,17-18,23-24,29-30H,15-16H2,1-8H3/t23-,24-/m0/s1. The largest absolute Gasteiger partial charge is 0.380 e. The highest BCUT2D eigenvalue weighted by Crippen LogP contribution is 2.48. The quantitative estimate of drug-likeness (QED) is 0.551. The van der Waals surface area contributed by atoms with Crippen LogP contribution in [0.1, 0.15) is 102 Å². The van der Waals surface area contributed by atoms with Gasteiger partial charge in [0.05, 0.1) is 0 Å². The van der Waals surface area contributed by atoms with E-state index in [9.17, 15) is 0 Å². The van der Waals surface area contributed by atoms with Crippen LogP contribution in [0.25, 0.3) is 0 Å². The molecule has 0 bridgehead atoms. The predicted octanol–water partition coefficient (Wildman–Crippen LogP) is 7.56. The summed E-state index contributed by atoms with van der Waals surface area (Å²) < 4.78 is 0. The van der Waals surface area contributed by atoms with Crippen molar-refractivity contribution in [2.75, 3.05) is 10.6 Å². The van der Waals surface area contributed by atoms with Gasteiger partial charge in [-0.2, -0.15) is 0 Å². The summed E-state index contributed by atoms with van der Waals surface area (Å²) in [6.45, 7) is 18.9.